The minimum atomic E-state index is -0.361. The van der Waals surface area contributed by atoms with Gasteiger partial charge >= 0.3 is 0 Å². The van der Waals surface area contributed by atoms with Crippen LogP contribution in [-0.2, 0) is 4.79 Å². The zero-order valence-corrected chi connectivity index (χ0v) is 18.0. The summed E-state index contributed by atoms with van der Waals surface area (Å²) in [6, 6.07) is 12.9. The first kappa shape index (κ1) is 21.5. The Kier molecular flexibility index (Phi) is 6.79. The van der Waals surface area contributed by atoms with Gasteiger partial charge in [0.05, 0.1) is 18.3 Å². The molecule has 2 aromatic carbocycles. The van der Waals surface area contributed by atoms with Crippen molar-refractivity contribution in [3.8, 4) is 22.8 Å². The van der Waals surface area contributed by atoms with Gasteiger partial charge in [0.1, 0.15) is 23.0 Å². The first-order valence-electron chi connectivity index (χ1n) is 9.34. The predicted molar refractivity (Wildman–Crippen MR) is 118 cm³/mol. The average Bonchev–Trinajstić information content (AvgIpc) is 3.19. The van der Waals surface area contributed by atoms with Gasteiger partial charge in [0.25, 0.3) is 5.91 Å². The van der Waals surface area contributed by atoms with Crippen molar-refractivity contribution >= 4 is 23.7 Å². The molecule has 3 rings (SSSR count). The number of benzene rings is 2. The van der Waals surface area contributed by atoms with Crippen LogP contribution < -0.4 is 14.9 Å². The van der Waals surface area contributed by atoms with E-state index in [1.54, 1.807) is 31.4 Å². The molecule has 0 aliphatic heterocycles. The summed E-state index contributed by atoms with van der Waals surface area (Å²) in [4.78, 5) is 12.0. The number of furan rings is 1. The molecule has 1 amide bonds. The highest BCUT2D eigenvalue weighted by Crippen LogP contribution is 2.31. The van der Waals surface area contributed by atoms with Gasteiger partial charge in [-0.1, -0.05) is 23.7 Å². The van der Waals surface area contributed by atoms with E-state index in [0.29, 0.717) is 22.3 Å². The molecule has 0 saturated heterocycles. The third-order valence-corrected chi connectivity index (χ3v) is 4.96. The van der Waals surface area contributed by atoms with Gasteiger partial charge in [0.2, 0.25) is 0 Å². The summed E-state index contributed by atoms with van der Waals surface area (Å²) in [6.45, 7) is 5.79. The third kappa shape index (κ3) is 5.02. The maximum atomic E-state index is 12.0. The molecule has 3 aromatic rings. The van der Waals surface area contributed by atoms with Gasteiger partial charge in [0.15, 0.2) is 6.61 Å². The topological polar surface area (TPSA) is 73.1 Å². The molecule has 0 spiro atoms. The highest BCUT2D eigenvalue weighted by atomic mass is 35.5. The predicted octanol–water partition coefficient (Wildman–Crippen LogP) is 5.06. The highest BCUT2D eigenvalue weighted by Gasteiger charge is 2.10. The van der Waals surface area contributed by atoms with Crippen LogP contribution in [-0.4, -0.2) is 25.8 Å². The number of aryl methyl sites for hydroxylation is 2. The van der Waals surface area contributed by atoms with Crippen molar-refractivity contribution in [3.63, 3.8) is 0 Å². The number of carbonyl (C=O) groups excluding carboxylic acids is 1. The number of methoxy groups -OCH3 is 1. The van der Waals surface area contributed by atoms with E-state index in [9.17, 15) is 4.79 Å². The molecule has 30 heavy (non-hydrogen) atoms. The Hall–Kier alpha value is -3.25. The SMILES string of the molecule is COc1ccc(-c2ccc(/C=N\NC(=O)COc3c(C)ccc(C)c3C)o2)cc1Cl. The number of carbonyl (C=O) groups is 1. The van der Waals surface area contributed by atoms with Gasteiger partial charge in [-0.15, -0.1) is 0 Å². The van der Waals surface area contributed by atoms with Crippen molar-refractivity contribution in [2.75, 3.05) is 13.7 Å². The van der Waals surface area contributed by atoms with E-state index in [1.165, 1.54) is 6.21 Å². The maximum Gasteiger partial charge on any atom is 0.277 e. The van der Waals surface area contributed by atoms with Crippen molar-refractivity contribution in [1.82, 2.24) is 5.43 Å². The molecule has 0 atom stereocenters. The molecule has 6 nitrogen and oxygen atoms in total. The number of halogens is 1. The van der Waals surface area contributed by atoms with Crippen LogP contribution in [0.15, 0.2) is 52.0 Å². The zero-order valence-electron chi connectivity index (χ0n) is 17.3. The van der Waals surface area contributed by atoms with Crippen LogP contribution in [0.3, 0.4) is 0 Å². The van der Waals surface area contributed by atoms with Gasteiger partial charge in [-0.2, -0.15) is 5.10 Å². The number of nitrogens with zero attached hydrogens (tertiary/aromatic N) is 1. The number of amides is 1. The molecular formula is C23H23ClN2O4. The first-order chi connectivity index (χ1) is 14.4. The van der Waals surface area contributed by atoms with Crippen LogP contribution in [0.25, 0.3) is 11.3 Å². The molecule has 0 saturated carbocycles. The fourth-order valence-corrected chi connectivity index (χ4v) is 3.14. The highest BCUT2D eigenvalue weighted by molar-refractivity contribution is 6.32. The summed E-state index contributed by atoms with van der Waals surface area (Å²) in [5, 5.41) is 4.42. The van der Waals surface area contributed by atoms with E-state index in [-0.39, 0.29) is 12.5 Å². The molecule has 0 unspecified atom stereocenters. The molecule has 7 heteroatoms. The lowest BCUT2D eigenvalue weighted by Gasteiger charge is -2.13. The van der Waals surface area contributed by atoms with Gasteiger partial charge in [-0.25, -0.2) is 5.43 Å². The molecule has 1 aromatic heterocycles. The molecule has 0 aliphatic carbocycles. The Bertz CT molecular complexity index is 1090. The van der Waals surface area contributed by atoms with Crippen molar-refractivity contribution in [2.24, 2.45) is 5.10 Å². The van der Waals surface area contributed by atoms with Crippen molar-refractivity contribution < 1.29 is 18.7 Å². The van der Waals surface area contributed by atoms with Gasteiger partial charge in [-0.05, 0) is 67.8 Å². The van der Waals surface area contributed by atoms with Crippen LogP contribution >= 0.6 is 11.6 Å². The third-order valence-electron chi connectivity index (χ3n) is 4.67. The summed E-state index contributed by atoms with van der Waals surface area (Å²) in [6.07, 6.45) is 1.43. The number of hydrogen-bond donors (Lipinski definition) is 1. The summed E-state index contributed by atoms with van der Waals surface area (Å²) in [5.74, 6) is 2.07. The number of nitrogens with one attached hydrogen (secondary N) is 1. The molecule has 156 valence electrons. The van der Waals surface area contributed by atoms with Crippen LogP contribution in [0.4, 0.5) is 0 Å². The molecule has 1 N–H and O–H groups in total. The molecule has 0 bridgehead atoms. The van der Waals surface area contributed by atoms with Gasteiger partial charge in [0, 0.05) is 5.56 Å². The minimum Gasteiger partial charge on any atom is -0.495 e. The van der Waals surface area contributed by atoms with Crippen LogP contribution in [0.5, 0.6) is 11.5 Å². The average molecular weight is 427 g/mol. The standard InChI is InChI=1S/C23H23ClN2O4/c1-14-5-6-15(2)23(16(14)3)29-13-22(27)26-25-12-18-8-10-20(30-18)17-7-9-21(28-4)19(24)11-17/h5-12H,13H2,1-4H3,(H,26,27)/b25-12-. The van der Waals surface area contributed by atoms with Crippen molar-refractivity contribution in [2.45, 2.75) is 20.8 Å². The monoisotopic (exact) mass is 426 g/mol. The van der Waals surface area contributed by atoms with Crippen LogP contribution in [0.1, 0.15) is 22.5 Å². The van der Waals surface area contributed by atoms with Gasteiger partial charge < -0.3 is 13.9 Å². The minimum absolute atomic E-state index is 0.129. The fourth-order valence-electron chi connectivity index (χ4n) is 2.88. The zero-order chi connectivity index (χ0) is 21.7. The summed E-state index contributed by atoms with van der Waals surface area (Å²) in [5.41, 5.74) is 6.36. The van der Waals surface area contributed by atoms with E-state index >= 15 is 0 Å². The second-order valence-corrected chi connectivity index (χ2v) is 7.19. The maximum absolute atomic E-state index is 12.0. The molecular weight excluding hydrogens is 404 g/mol. The Labute approximate surface area is 180 Å². The summed E-state index contributed by atoms with van der Waals surface area (Å²) in [7, 11) is 1.56. The van der Waals surface area contributed by atoms with E-state index in [0.717, 1.165) is 28.0 Å². The van der Waals surface area contributed by atoms with Crippen molar-refractivity contribution in [1.29, 1.82) is 0 Å². The van der Waals surface area contributed by atoms with E-state index in [4.69, 9.17) is 25.5 Å². The first-order valence-corrected chi connectivity index (χ1v) is 9.72. The van der Waals surface area contributed by atoms with E-state index in [2.05, 4.69) is 10.5 Å². The van der Waals surface area contributed by atoms with Gasteiger partial charge in [-0.3, -0.25) is 4.79 Å². The Morgan fingerprint density at radius 2 is 1.90 bits per heavy atom. The molecule has 0 aliphatic rings. The largest absolute Gasteiger partial charge is 0.495 e. The van der Waals surface area contributed by atoms with E-state index < -0.39 is 0 Å². The normalized spacial score (nSPS) is 11.0. The second-order valence-electron chi connectivity index (χ2n) is 6.79. The number of ether oxygens (including phenoxy) is 2. The Morgan fingerprint density at radius 1 is 1.13 bits per heavy atom. The van der Waals surface area contributed by atoms with E-state index in [1.807, 2.05) is 39.0 Å². The number of hydrazone groups is 1. The van der Waals surface area contributed by atoms with Crippen molar-refractivity contribution in [3.05, 3.63) is 69.9 Å². The molecule has 0 fully saturated rings. The second kappa shape index (κ2) is 9.50. The molecule has 0 radical (unpaired) electrons. The lowest BCUT2D eigenvalue weighted by atomic mass is 10.1. The van der Waals surface area contributed by atoms with Crippen LogP contribution in [0.2, 0.25) is 5.02 Å². The molecule has 1 heterocycles. The summed E-state index contributed by atoms with van der Waals surface area (Å²) >= 11 is 6.15. The number of rotatable bonds is 7. The Balaban J connectivity index is 1.57. The summed E-state index contributed by atoms with van der Waals surface area (Å²) < 4.78 is 16.5. The lowest BCUT2D eigenvalue weighted by molar-refractivity contribution is -0.123. The van der Waals surface area contributed by atoms with Crippen LogP contribution in [0, 0.1) is 20.8 Å². The smallest absolute Gasteiger partial charge is 0.277 e. The number of hydrogen-bond acceptors (Lipinski definition) is 5. The fraction of sp³-hybridized carbons (Fsp3) is 0.217. The lowest BCUT2D eigenvalue weighted by Crippen LogP contribution is -2.25. The quantitative estimate of drug-likeness (QED) is 0.423. The Morgan fingerprint density at radius 3 is 2.63 bits per heavy atom.